The molecule has 0 atom stereocenters. The van der Waals surface area contributed by atoms with Crippen LogP contribution < -0.4 is 9.47 Å². The highest BCUT2D eigenvalue weighted by Crippen LogP contribution is 2.41. The number of hydrogen-bond donors (Lipinski definition) is 1. The Hall–Kier alpha value is -3.12. The second-order valence-electron chi connectivity index (χ2n) is 5.71. The van der Waals surface area contributed by atoms with Crippen molar-refractivity contribution in [2.24, 2.45) is 0 Å². The van der Waals surface area contributed by atoms with Gasteiger partial charge in [0.25, 0.3) is 0 Å². The molecular formula is C20H15NO4S. The Bertz CT molecular complexity index is 1140. The first-order chi connectivity index (χ1) is 12.6. The maximum absolute atomic E-state index is 11.6. The molecule has 1 N–H and O–H groups in total. The molecule has 2 heterocycles. The Balaban J connectivity index is 2.18. The van der Waals surface area contributed by atoms with Gasteiger partial charge in [0.2, 0.25) is 0 Å². The molecule has 0 aliphatic carbocycles. The van der Waals surface area contributed by atoms with E-state index in [1.54, 1.807) is 14.2 Å². The van der Waals surface area contributed by atoms with Crippen molar-refractivity contribution in [3.05, 3.63) is 52.7 Å². The van der Waals surface area contributed by atoms with E-state index in [1.807, 2.05) is 47.8 Å². The first-order valence-corrected chi connectivity index (χ1v) is 8.77. The van der Waals surface area contributed by atoms with E-state index >= 15 is 0 Å². The monoisotopic (exact) mass is 365 g/mol. The first kappa shape index (κ1) is 16.4. The smallest absolute Gasteiger partial charge is 0.348 e. The fraction of sp³-hybridized carbons (Fsp3) is 0.100. The van der Waals surface area contributed by atoms with Gasteiger partial charge in [0.15, 0.2) is 11.5 Å². The highest BCUT2D eigenvalue weighted by Gasteiger charge is 2.20. The second-order valence-corrected chi connectivity index (χ2v) is 6.59. The van der Waals surface area contributed by atoms with Crippen molar-refractivity contribution >= 4 is 39.0 Å². The maximum Gasteiger partial charge on any atom is 0.348 e. The van der Waals surface area contributed by atoms with E-state index < -0.39 is 5.97 Å². The van der Waals surface area contributed by atoms with Gasteiger partial charge in [0, 0.05) is 21.7 Å². The Morgan fingerprint density at radius 1 is 1.00 bits per heavy atom. The SMILES string of the molecule is COc1cc2c(-c3ccccc3)nc3c(C(=O)O)scc3c2cc1OC. The van der Waals surface area contributed by atoms with Crippen LogP contribution >= 0.6 is 11.3 Å². The summed E-state index contributed by atoms with van der Waals surface area (Å²) in [6, 6.07) is 13.5. The number of methoxy groups -OCH3 is 2. The number of aromatic carboxylic acids is 1. The molecule has 0 aliphatic heterocycles. The van der Waals surface area contributed by atoms with E-state index in [1.165, 1.54) is 11.3 Å². The lowest BCUT2D eigenvalue weighted by molar-refractivity contribution is 0.0704. The molecule has 26 heavy (non-hydrogen) atoms. The molecule has 4 rings (SSSR count). The third kappa shape index (κ3) is 2.46. The topological polar surface area (TPSA) is 68.7 Å². The van der Waals surface area contributed by atoms with Gasteiger partial charge < -0.3 is 14.6 Å². The zero-order valence-corrected chi connectivity index (χ0v) is 15.0. The summed E-state index contributed by atoms with van der Waals surface area (Å²) in [4.78, 5) is 16.6. The van der Waals surface area contributed by atoms with Crippen molar-refractivity contribution in [2.45, 2.75) is 0 Å². The minimum atomic E-state index is -0.976. The summed E-state index contributed by atoms with van der Waals surface area (Å²) in [6.45, 7) is 0. The summed E-state index contributed by atoms with van der Waals surface area (Å²) in [5, 5.41) is 13.9. The number of thiophene rings is 1. The van der Waals surface area contributed by atoms with Crippen molar-refractivity contribution in [1.29, 1.82) is 0 Å². The maximum atomic E-state index is 11.6. The van der Waals surface area contributed by atoms with Crippen molar-refractivity contribution in [2.75, 3.05) is 14.2 Å². The number of carboxylic acids is 1. The summed E-state index contributed by atoms with van der Waals surface area (Å²) in [5.74, 6) is 0.220. The van der Waals surface area contributed by atoms with Crippen LogP contribution in [0.3, 0.4) is 0 Å². The Morgan fingerprint density at radius 2 is 1.65 bits per heavy atom. The van der Waals surface area contributed by atoms with Gasteiger partial charge in [-0.3, -0.25) is 0 Å². The van der Waals surface area contributed by atoms with E-state index in [-0.39, 0.29) is 4.88 Å². The number of nitrogens with zero attached hydrogens (tertiary/aromatic N) is 1. The van der Waals surface area contributed by atoms with Crippen LogP contribution in [-0.4, -0.2) is 30.3 Å². The fourth-order valence-electron chi connectivity index (χ4n) is 3.09. The van der Waals surface area contributed by atoms with Gasteiger partial charge in [0.1, 0.15) is 4.88 Å². The van der Waals surface area contributed by atoms with E-state index in [4.69, 9.17) is 14.5 Å². The van der Waals surface area contributed by atoms with Crippen LogP contribution in [0.2, 0.25) is 0 Å². The first-order valence-electron chi connectivity index (χ1n) is 7.89. The van der Waals surface area contributed by atoms with E-state index in [0.717, 1.165) is 27.4 Å². The standard InChI is InChI=1S/C20H15NO4S/c1-24-15-8-12-13(9-16(15)25-2)17(11-6-4-3-5-7-11)21-18-14(12)10-26-19(18)20(22)23/h3-10H,1-2H3,(H,22,23). The molecule has 0 unspecified atom stereocenters. The molecule has 0 spiro atoms. The molecule has 0 aliphatic rings. The van der Waals surface area contributed by atoms with Crippen LogP contribution in [0.15, 0.2) is 47.8 Å². The Kier molecular flexibility index (Phi) is 3.97. The lowest BCUT2D eigenvalue weighted by Gasteiger charge is -2.13. The number of carbonyl (C=O) groups is 1. The third-order valence-corrected chi connectivity index (χ3v) is 5.26. The molecule has 0 bridgehead atoms. The van der Waals surface area contributed by atoms with Crippen LogP contribution in [0.1, 0.15) is 9.67 Å². The van der Waals surface area contributed by atoms with Gasteiger partial charge in [-0.25, -0.2) is 9.78 Å². The van der Waals surface area contributed by atoms with Gasteiger partial charge in [-0.2, -0.15) is 0 Å². The summed E-state index contributed by atoms with van der Waals surface area (Å²) < 4.78 is 10.9. The molecule has 0 radical (unpaired) electrons. The highest BCUT2D eigenvalue weighted by atomic mass is 32.1. The molecule has 2 aromatic heterocycles. The minimum absolute atomic E-state index is 0.230. The van der Waals surface area contributed by atoms with E-state index in [0.29, 0.717) is 17.0 Å². The number of carboxylic acid groups (broad SMARTS) is 1. The molecular weight excluding hydrogens is 350 g/mol. The molecule has 5 nitrogen and oxygen atoms in total. The summed E-state index contributed by atoms with van der Waals surface area (Å²) in [6.07, 6.45) is 0. The van der Waals surface area contributed by atoms with Crippen molar-refractivity contribution < 1.29 is 19.4 Å². The van der Waals surface area contributed by atoms with Crippen LogP contribution in [-0.2, 0) is 0 Å². The molecule has 0 amide bonds. The molecule has 130 valence electrons. The normalized spacial score (nSPS) is 11.0. The van der Waals surface area contributed by atoms with Crippen LogP contribution in [0.25, 0.3) is 32.9 Å². The fourth-order valence-corrected chi connectivity index (χ4v) is 3.93. The second kappa shape index (κ2) is 6.31. The summed E-state index contributed by atoms with van der Waals surface area (Å²) >= 11 is 1.18. The Labute approximate surface area is 153 Å². The van der Waals surface area contributed by atoms with Gasteiger partial charge in [0.05, 0.1) is 25.4 Å². The number of ether oxygens (including phenoxy) is 2. The molecule has 0 saturated carbocycles. The molecule has 0 fully saturated rings. The number of hydrogen-bond acceptors (Lipinski definition) is 5. The van der Waals surface area contributed by atoms with Crippen LogP contribution in [0, 0.1) is 0 Å². The summed E-state index contributed by atoms with van der Waals surface area (Å²) in [7, 11) is 3.17. The summed E-state index contributed by atoms with van der Waals surface area (Å²) in [5.41, 5.74) is 2.12. The van der Waals surface area contributed by atoms with Crippen LogP contribution in [0.4, 0.5) is 0 Å². The number of pyridine rings is 1. The van der Waals surface area contributed by atoms with Crippen molar-refractivity contribution in [3.8, 4) is 22.8 Å². The van der Waals surface area contributed by atoms with E-state index in [2.05, 4.69) is 0 Å². The molecule has 6 heteroatoms. The number of benzene rings is 2. The predicted octanol–water partition coefficient (Wildman–Crippen LogP) is 4.83. The van der Waals surface area contributed by atoms with Gasteiger partial charge in [-0.15, -0.1) is 11.3 Å². The third-order valence-electron chi connectivity index (χ3n) is 4.30. The molecule has 0 saturated heterocycles. The number of aromatic nitrogens is 1. The average Bonchev–Trinajstić information content (AvgIpc) is 3.11. The van der Waals surface area contributed by atoms with Gasteiger partial charge >= 0.3 is 5.97 Å². The quantitative estimate of drug-likeness (QED) is 0.561. The number of fused-ring (bicyclic) bond motifs is 3. The molecule has 4 aromatic rings. The van der Waals surface area contributed by atoms with Gasteiger partial charge in [-0.1, -0.05) is 30.3 Å². The Morgan fingerprint density at radius 3 is 2.27 bits per heavy atom. The zero-order chi connectivity index (χ0) is 18.3. The lowest BCUT2D eigenvalue weighted by atomic mass is 10.0. The largest absolute Gasteiger partial charge is 0.493 e. The van der Waals surface area contributed by atoms with Crippen molar-refractivity contribution in [3.63, 3.8) is 0 Å². The van der Waals surface area contributed by atoms with Crippen molar-refractivity contribution in [1.82, 2.24) is 4.98 Å². The lowest BCUT2D eigenvalue weighted by Crippen LogP contribution is -1.97. The number of rotatable bonds is 4. The highest BCUT2D eigenvalue weighted by molar-refractivity contribution is 7.13. The zero-order valence-electron chi connectivity index (χ0n) is 14.1. The average molecular weight is 365 g/mol. The predicted molar refractivity (Wildman–Crippen MR) is 103 cm³/mol. The molecule has 2 aromatic carbocycles. The van der Waals surface area contributed by atoms with Gasteiger partial charge in [-0.05, 0) is 17.5 Å². The van der Waals surface area contributed by atoms with Crippen LogP contribution in [0.5, 0.6) is 11.5 Å². The van der Waals surface area contributed by atoms with E-state index in [9.17, 15) is 9.90 Å². The minimum Gasteiger partial charge on any atom is -0.493 e.